The van der Waals surface area contributed by atoms with Gasteiger partial charge >= 0.3 is 0 Å². The minimum atomic E-state index is 0.589. The van der Waals surface area contributed by atoms with Crippen LogP contribution in [-0.4, -0.2) is 23.9 Å². The summed E-state index contributed by atoms with van der Waals surface area (Å²) < 4.78 is 11.2. The molecule has 0 fully saturated rings. The Bertz CT molecular complexity index is 2730. The number of aromatic nitrogens is 5. The molecule has 43 heavy (non-hydrogen) atoms. The van der Waals surface area contributed by atoms with Crippen molar-refractivity contribution < 1.29 is 4.42 Å². The molecule has 0 atom stereocenters. The van der Waals surface area contributed by atoms with Crippen LogP contribution in [0.25, 0.3) is 88.7 Å². The summed E-state index contributed by atoms with van der Waals surface area (Å²) in [6.45, 7) is 0. The van der Waals surface area contributed by atoms with Gasteiger partial charge in [-0.3, -0.25) is 8.97 Å². The van der Waals surface area contributed by atoms with E-state index < -0.39 is 0 Å². The lowest BCUT2D eigenvalue weighted by Crippen LogP contribution is -2.04. The summed E-state index contributed by atoms with van der Waals surface area (Å²) in [6, 6.07) is 43.4. The summed E-state index contributed by atoms with van der Waals surface area (Å²) >= 11 is 0. The second-order valence-corrected chi connectivity index (χ2v) is 10.9. The highest BCUT2D eigenvalue weighted by atomic mass is 16.3. The highest BCUT2D eigenvalue weighted by Crippen LogP contribution is 2.43. The molecule has 200 valence electrons. The van der Waals surface area contributed by atoms with E-state index in [1.165, 1.54) is 0 Å². The Morgan fingerprint density at radius 2 is 1.19 bits per heavy atom. The highest BCUT2D eigenvalue weighted by molar-refractivity contribution is 6.26. The van der Waals surface area contributed by atoms with Crippen molar-refractivity contribution in [1.82, 2.24) is 23.9 Å². The van der Waals surface area contributed by atoms with E-state index in [9.17, 15) is 0 Å². The van der Waals surface area contributed by atoms with E-state index >= 15 is 0 Å². The number of imidazole rings is 1. The fourth-order valence-electron chi connectivity index (χ4n) is 6.70. The maximum Gasteiger partial charge on any atom is 0.235 e. The number of hydrogen-bond donors (Lipinski definition) is 0. The molecule has 5 aromatic heterocycles. The number of furan rings is 1. The van der Waals surface area contributed by atoms with Crippen LogP contribution >= 0.6 is 0 Å². The van der Waals surface area contributed by atoms with Crippen LogP contribution in [0.4, 0.5) is 0 Å². The van der Waals surface area contributed by atoms with Gasteiger partial charge in [-0.25, -0.2) is 15.0 Å². The highest BCUT2D eigenvalue weighted by Gasteiger charge is 2.26. The van der Waals surface area contributed by atoms with Gasteiger partial charge in [0, 0.05) is 21.7 Å². The van der Waals surface area contributed by atoms with E-state index in [0.717, 1.165) is 82.7 Å². The predicted octanol–water partition coefficient (Wildman–Crippen LogP) is 9.09. The monoisotopic (exact) mass is 551 g/mol. The summed E-state index contributed by atoms with van der Waals surface area (Å²) in [5.41, 5.74) is 10.2. The average Bonchev–Trinajstić information content (AvgIpc) is 3.74. The van der Waals surface area contributed by atoms with Crippen molar-refractivity contribution in [3.63, 3.8) is 0 Å². The van der Waals surface area contributed by atoms with E-state index in [2.05, 4.69) is 87.8 Å². The largest absolute Gasteiger partial charge is 0.452 e. The van der Waals surface area contributed by atoms with Crippen molar-refractivity contribution in [2.75, 3.05) is 0 Å². The SMILES string of the molecule is c1ccc(-c2nc(-n3c4ccccc4c4c3c3oc5ccccc5c3n3c5ccccc5nc43)nc3ccccc23)cc1. The van der Waals surface area contributed by atoms with Crippen LogP contribution in [-0.2, 0) is 0 Å². The van der Waals surface area contributed by atoms with Crippen LogP contribution in [0.3, 0.4) is 0 Å². The molecule has 0 saturated heterocycles. The molecule has 0 spiro atoms. The van der Waals surface area contributed by atoms with Gasteiger partial charge in [0.05, 0.1) is 33.1 Å². The van der Waals surface area contributed by atoms with E-state index in [4.69, 9.17) is 19.4 Å². The number of pyridine rings is 1. The van der Waals surface area contributed by atoms with Gasteiger partial charge in [0.15, 0.2) is 5.58 Å². The molecule has 0 bridgehead atoms. The Kier molecular flexibility index (Phi) is 4.36. The Balaban J connectivity index is 1.48. The van der Waals surface area contributed by atoms with Gasteiger partial charge in [0.25, 0.3) is 0 Å². The van der Waals surface area contributed by atoms with Crippen LogP contribution in [0.15, 0.2) is 132 Å². The number of benzene rings is 5. The zero-order valence-corrected chi connectivity index (χ0v) is 22.8. The first-order chi connectivity index (χ1) is 21.3. The minimum absolute atomic E-state index is 0.589. The van der Waals surface area contributed by atoms with Crippen LogP contribution in [0.5, 0.6) is 0 Å². The molecule has 0 aliphatic carbocycles. The lowest BCUT2D eigenvalue weighted by atomic mass is 10.1. The van der Waals surface area contributed by atoms with Crippen LogP contribution in [0.2, 0.25) is 0 Å². The predicted molar refractivity (Wildman–Crippen MR) is 173 cm³/mol. The average molecular weight is 552 g/mol. The molecule has 6 heteroatoms. The fraction of sp³-hybridized carbons (Fsp3) is 0. The molecule has 5 heterocycles. The van der Waals surface area contributed by atoms with E-state index in [1.807, 2.05) is 48.5 Å². The van der Waals surface area contributed by atoms with Gasteiger partial charge in [0.2, 0.25) is 5.95 Å². The van der Waals surface area contributed by atoms with Crippen molar-refractivity contribution >= 4 is 71.5 Å². The topological polar surface area (TPSA) is 61.2 Å². The zero-order chi connectivity index (χ0) is 28.1. The maximum absolute atomic E-state index is 6.76. The molecule has 10 rings (SSSR count). The van der Waals surface area contributed by atoms with E-state index in [-0.39, 0.29) is 0 Å². The third kappa shape index (κ3) is 2.99. The lowest BCUT2D eigenvalue weighted by molar-refractivity contribution is 0.670. The Hall–Kier alpha value is -6.01. The number of para-hydroxylation sites is 5. The molecule has 6 nitrogen and oxygen atoms in total. The summed E-state index contributed by atoms with van der Waals surface area (Å²) in [5, 5.41) is 4.12. The van der Waals surface area contributed by atoms with Gasteiger partial charge in [0.1, 0.15) is 22.3 Å². The Morgan fingerprint density at radius 3 is 2.05 bits per heavy atom. The van der Waals surface area contributed by atoms with Gasteiger partial charge in [-0.1, -0.05) is 91.0 Å². The quantitative estimate of drug-likeness (QED) is 0.215. The number of nitrogens with zero attached hydrogens (tertiary/aromatic N) is 5. The van der Waals surface area contributed by atoms with Gasteiger partial charge in [-0.05, 0) is 36.4 Å². The molecule has 0 saturated carbocycles. The molecule has 5 aromatic carbocycles. The number of rotatable bonds is 2. The van der Waals surface area contributed by atoms with Crippen molar-refractivity contribution in [1.29, 1.82) is 0 Å². The molecular formula is C37H21N5O. The number of hydrogen-bond acceptors (Lipinski definition) is 4. The molecule has 0 aliphatic rings. The smallest absolute Gasteiger partial charge is 0.235 e. The van der Waals surface area contributed by atoms with Gasteiger partial charge in [-0.2, -0.15) is 0 Å². The van der Waals surface area contributed by atoms with E-state index in [0.29, 0.717) is 5.95 Å². The van der Waals surface area contributed by atoms with Crippen LogP contribution < -0.4 is 0 Å². The summed E-state index contributed by atoms with van der Waals surface area (Å²) in [7, 11) is 0. The van der Waals surface area contributed by atoms with Gasteiger partial charge in [-0.15, -0.1) is 0 Å². The van der Waals surface area contributed by atoms with Crippen LogP contribution in [0.1, 0.15) is 0 Å². The number of fused-ring (bicyclic) bond motifs is 13. The normalized spacial score (nSPS) is 12.2. The molecule has 0 amide bonds. The first-order valence-electron chi connectivity index (χ1n) is 14.3. The second kappa shape index (κ2) is 8.27. The third-order valence-corrected chi connectivity index (χ3v) is 8.51. The minimum Gasteiger partial charge on any atom is -0.452 e. The van der Waals surface area contributed by atoms with Crippen molar-refractivity contribution in [2.45, 2.75) is 0 Å². The summed E-state index contributed by atoms with van der Waals surface area (Å²) in [5.74, 6) is 0.589. The first-order valence-corrected chi connectivity index (χ1v) is 14.3. The third-order valence-electron chi connectivity index (χ3n) is 8.51. The van der Waals surface area contributed by atoms with E-state index in [1.54, 1.807) is 0 Å². The Labute approximate surface area is 244 Å². The molecule has 0 N–H and O–H groups in total. The molecule has 10 aromatic rings. The zero-order valence-electron chi connectivity index (χ0n) is 22.8. The van der Waals surface area contributed by atoms with Crippen molar-refractivity contribution in [2.24, 2.45) is 0 Å². The molecule has 0 aliphatic heterocycles. The summed E-state index contributed by atoms with van der Waals surface area (Å²) in [4.78, 5) is 15.7. The van der Waals surface area contributed by atoms with Gasteiger partial charge < -0.3 is 4.42 Å². The van der Waals surface area contributed by atoms with Crippen molar-refractivity contribution in [3.05, 3.63) is 127 Å². The maximum atomic E-state index is 6.76. The Morgan fingerprint density at radius 1 is 0.512 bits per heavy atom. The molecular weight excluding hydrogens is 530 g/mol. The molecule has 0 unspecified atom stereocenters. The molecule has 0 radical (unpaired) electrons. The fourth-order valence-corrected chi connectivity index (χ4v) is 6.70. The van der Waals surface area contributed by atoms with Crippen LogP contribution in [0, 0.1) is 0 Å². The summed E-state index contributed by atoms with van der Waals surface area (Å²) in [6.07, 6.45) is 0. The standard InChI is InChI=1S/C37H21N5O/c1-2-12-22(13-3-1)32-23-14-4-7-17-26(23)39-37(40-32)42-28-19-9-5-15-24(28)31-34(42)35-33(25-16-6-11-21-30(25)43-35)41-29-20-10-8-18-27(29)38-36(31)41/h1-21H. The first kappa shape index (κ1) is 22.7. The van der Waals surface area contributed by atoms with Crippen molar-refractivity contribution in [3.8, 4) is 17.2 Å². The second-order valence-electron chi connectivity index (χ2n) is 10.9. The lowest BCUT2D eigenvalue weighted by Gasteiger charge is -2.12.